The van der Waals surface area contributed by atoms with E-state index in [4.69, 9.17) is 4.98 Å². The first-order chi connectivity index (χ1) is 25.5. The van der Waals surface area contributed by atoms with Crippen molar-refractivity contribution in [3.05, 3.63) is 106 Å². The molecule has 6 nitrogen and oxygen atoms in total. The third-order valence-electron chi connectivity index (χ3n) is 11.6. The Bertz CT molecular complexity index is 2000. The molecule has 1 saturated heterocycles. The lowest BCUT2D eigenvalue weighted by Gasteiger charge is -2.41. The molecule has 286 valence electrons. The molecule has 0 amide bonds. The van der Waals surface area contributed by atoms with Gasteiger partial charge in [-0.05, 0) is 102 Å². The van der Waals surface area contributed by atoms with Gasteiger partial charge in [-0.2, -0.15) is 13.2 Å². The van der Waals surface area contributed by atoms with Crippen molar-refractivity contribution in [1.29, 1.82) is 0 Å². The molecule has 12 heteroatoms. The molecule has 2 fully saturated rings. The molecule has 2 aromatic carbocycles. The van der Waals surface area contributed by atoms with Gasteiger partial charge in [0.15, 0.2) is 6.17 Å². The number of hydrogen-bond donors (Lipinski definition) is 1. The standard InChI is InChI=1S/C42H44F6N4O2/c1-24-20-40(2,3)21-32-33(24)34(25-11-15-41(44,45)16-12-25)35(36(43)26-7-9-31(10-8-26)42(46,47)48)37(51-32)27-13-17-52(18-14-27)39-49-22-30(23-50-39)28-5-4-6-29(19-28)38(53)54/h4-10,19,22-25,27,36H,11-18,20-21H2,1-3H3,(H,53,54)/t24-,36-/m0/s1. The number of fused-ring (bicyclic) bond motifs is 1. The van der Waals surface area contributed by atoms with Crippen molar-refractivity contribution in [3.63, 3.8) is 0 Å². The van der Waals surface area contributed by atoms with Crippen LogP contribution in [0.1, 0.15) is 139 Å². The summed E-state index contributed by atoms with van der Waals surface area (Å²) in [7, 11) is 0. The lowest BCUT2D eigenvalue weighted by Crippen LogP contribution is -2.36. The van der Waals surface area contributed by atoms with Crippen LogP contribution in [0, 0.1) is 5.41 Å². The highest BCUT2D eigenvalue weighted by atomic mass is 19.4. The van der Waals surface area contributed by atoms with Gasteiger partial charge in [0.2, 0.25) is 11.9 Å². The average Bonchev–Trinajstić information content (AvgIpc) is 3.13. The van der Waals surface area contributed by atoms with Crippen molar-refractivity contribution in [2.24, 2.45) is 5.41 Å². The number of nitrogens with zero attached hydrogens (tertiary/aromatic N) is 4. The van der Waals surface area contributed by atoms with Crippen LogP contribution in [0.5, 0.6) is 0 Å². The largest absolute Gasteiger partial charge is 0.478 e. The monoisotopic (exact) mass is 750 g/mol. The second kappa shape index (κ2) is 14.3. The van der Waals surface area contributed by atoms with Crippen molar-refractivity contribution in [2.75, 3.05) is 18.0 Å². The molecule has 7 rings (SSSR count). The Morgan fingerprint density at radius 3 is 2.17 bits per heavy atom. The van der Waals surface area contributed by atoms with Gasteiger partial charge in [0.1, 0.15) is 0 Å². The Morgan fingerprint density at radius 2 is 1.56 bits per heavy atom. The minimum absolute atomic E-state index is 0.00476. The van der Waals surface area contributed by atoms with Crippen LogP contribution >= 0.6 is 0 Å². The highest BCUT2D eigenvalue weighted by Crippen LogP contribution is 2.53. The van der Waals surface area contributed by atoms with E-state index in [1.54, 1.807) is 30.6 Å². The third-order valence-corrected chi connectivity index (χ3v) is 11.6. The van der Waals surface area contributed by atoms with Crippen molar-refractivity contribution in [2.45, 2.75) is 108 Å². The number of rotatable bonds is 7. The van der Waals surface area contributed by atoms with Crippen molar-refractivity contribution < 1.29 is 36.2 Å². The number of piperidine rings is 1. The van der Waals surface area contributed by atoms with E-state index in [9.17, 15) is 31.9 Å². The molecular weight excluding hydrogens is 706 g/mol. The molecule has 4 aromatic rings. The molecule has 1 aliphatic heterocycles. The molecule has 0 bridgehead atoms. The molecule has 2 aliphatic carbocycles. The molecule has 3 heterocycles. The fraction of sp³-hybridized carbons (Fsp3) is 0.476. The van der Waals surface area contributed by atoms with Crippen molar-refractivity contribution >= 4 is 11.9 Å². The SMILES string of the molecule is C[C@H]1CC(C)(C)Cc2nc(C3CCN(c4ncc(-c5cccc(C(=O)O)c5)cn4)CC3)c([C@@H](F)c3ccc(C(F)(F)F)cc3)c(C3CCC(F)(F)CC3)c21. The highest BCUT2D eigenvalue weighted by molar-refractivity contribution is 5.89. The van der Waals surface area contributed by atoms with E-state index in [1.165, 1.54) is 18.2 Å². The Labute approximate surface area is 311 Å². The molecule has 0 spiro atoms. The summed E-state index contributed by atoms with van der Waals surface area (Å²) in [6.45, 7) is 7.50. The Balaban J connectivity index is 1.25. The number of alkyl halides is 6. The average molecular weight is 751 g/mol. The summed E-state index contributed by atoms with van der Waals surface area (Å²) in [5, 5.41) is 9.38. The summed E-state index contributed by atoms with van der Waals surface area (Å²) >= 11 is 0. The first-order valence-corrected chi connectivity index (χ1v) is 18.7. The van der Waals surface area contributed by atoms with Gasteiger partial charge in [-0.3, -0.25) is 4.98 Å². The minimum atomic E-state index is -4.58. The maximum absolute atomic E-state index is 17.4. The number of halogens is 6. The predicted octanol–water partition coefficient (Wildman–Crippen LogP) is 11.1. The Kier molecular flexibility index (Phi) is 10.0. The quantitative estimate of drug-likeness (QED) is 0.190. The summed E-state index contributed by atoms with van der Waals surface area (Å²) < 4.78 is 87.0. The van der Waals surface area contributed by atoms with E-state index in [1.807, 2.05) is 4.90 Å². The number of hydrogen-bond acceptors (Lipinski definition) is 5. The molecule has 1 saturated carbocycles. The summed E-state index contributed by atoms with van der Waals surface area (Å²) in [4.78, 5) is 27.9. The minimum Gasteiger partial charge on any atom is -0.478 e. The number of carboxylic acid groups (broad SMARTS) is 1. The zero-order valence-corrected chi connectivity index (χ0v) is 30.6. The van der Waals surface area contributed by atoms with Gasteiger partial charge in [-0.15, -0.1) is 0 Å². The second-order valence-corrected chi connectivity index (χ2v) is 16.2. The van der Waals surface area contributed by atoms with Crippen molar-refractivity contribution in [1.82, 2.24) is 15.0 Å². The van der Waals surface area contributed by atoms with Gasteiger partial charge >= 0.3 is 12.1 Å². The van der Waals surface area contributed by atoms with Gasteiger partial charge in [0.25, 0.3) is 0 Å². The van der Waals surface area contributed by atoms with Crippen LogP contribution < -0.4 is 4.90 Å². The van der Waals surface area contributed by atoms with E-state index in [2.05, 4.69) is 30.7 Å². The molecule has 0 unspecified atom stereocenters. The maximum Gasteiger partial charge on any atom is 0.416 e. The molecule has 54 heavy (non-hydrogen) atoms. The highest BCUT2D eigenvalue weighted by Gasteiger charge is 2.43. The molecule has 2 atom stereocenters. The summed E-state index contributed by atoms with van der Waals surface area (Å²) in [6.07, 6.45) is -0.672. The Hall–Kier alpha value is -4.48. The number of anilines is 1. The van der Waals surface area contributed by atoms with Crippen LogP contribution in [-0.4, -0.2) is 45.0 Å². The zero-order valence-electron chi connectivity index (χ0n) is 30.6. The summed E-state index contributed by atoms with van der Waals surface area (Å²) in [6, 6.07) is 10.7. The number of carboxylic acids is 1. The molecule has 0 radical (unpaired) electrons. The number of benzene rings is 2. The number of aromatic nitrogens is 3. The lowest BCUT2D eigenvalue weighted by molar-refractivity contribution is -0.137. The summed E-state index contributed by atoms with van der Waals surface area (Å²) in [5.74, 6) is -3.85. The van der Waals surface area contributed by atoms with Crippen LogP contribution in [0.2, 0.25) is 0 Å². The van der Waals surface area contributed by atoms with Crippen LogP contribution in [0.3, 0.4) is 0 Å². The lowest BCUT2D eigenvalue weighted by atomic mass is 9.66. The molecule has 2 aromatic heterocycles. The van der Waals surface area contributed by atoms with Crippen LogP contribution in [0.4, 0.5) is 32.3 Å². The van der Waals surface area contributed by atoms with Crippen LogP contribution in [0.25, 0.3) is 11.1 Å². The smallest absolute Gasteiger partial charge is 0.416 e. The first kappa shape index (κ1) is 37.8. The van der Waals surface area contributed by atoms with Gasteiger partial charge in [0, 0.05) is 61.1 Å². The normalized spacial score (nSPS) is 21.1. The first-order valence-electron chi connectivity index (χ1n) is 18.7. The van der Waals surface area contributed by atoms with E-state index in [0.29, 0.717) is 60.7 Å². The van der Waals surface area contributed by atoms with Crippen molar-refractivity contribution in [3.8, 4) is 11.1 Å². The van der Waals surface area contributed by atoms with E-state index in [0.717, 1.165) is 35.4 Å². The van der Waals surface area contributed by atoms with Gasteiger partial charge in [-0.1, -0.05) is 45.0 Å². The second-order valence-electron chi connectivity index (χ2n) is 16.2. The fourth-order valence-electron chi connectivity index (χ4n) is 9.02. The molecule has 3 aliphatic rings. The zero-order chi connectivity index (χ0) is 38.6. The van der Waals surface area contributed by atoms with Crippen LogP contribution in [-0.2, 0) is 12.6 Å². The van der Waals surface area contributed by atoms with E-state index in [-0.39, 0.29) is 60.0 Å². The Morgan fingerprint density at radius 1 is 0.907 bits per heavy atom. The molecule has 1 N–H and O–H groups in total. The van der Waals surface area contributed by atoms with E-state index < -0.39 is 29.8 Å². The predicted molar refractivity (Wildman–Crippen MR) is 194 cm³/mol. The number of carbonyl (C=O) groups is 1. The van der Waals surface area contributed by atoms with Gasteiger partial charge in [-0.25, -0.2) is 27.9 Å². The van der Waals surface area contributed by atoms with Crippen LogP contribution in [0.15, 0.2) is 60.9 Å². The maximum atomic E-state index is 17.4. The van der Waals surface area contributed by atoms with Gasteiger partial charge < -0.3 is 10.0 Å². The topological polar surface area (TPSA) is 79.2 Å². The third kappa shape index (κ3) is 7.71. The van der Waals surface area contributed by atoms with Gasteiger partial charge in [0.05, 0.1) is 16.8 Å². The molecular formula is C42H44F6N4O2. The number of pyridine rings is 1. The summed E-state index contributed by atoms with van der Waals surface area (Å²) in [5.41, 5.74) is 4.10. The van der Waals surface area contributed by atoms with E-state index >= 15 is 4.39 Å². The number of aromatic carboxylic acids is 1. The fourth-order valence-corrected chi connectivity index (χ4v) is 9.02.